The van der Waals surface area contributed by atoms with Gasteiger partial charge >= 0.3 is 5.97 Å². The number of carbonyl (C=O) groups is 2. The number of methoxy groups -OCH3 is 1. The summed E-state index contributed by atoms with van der Waals surface area (Å²) in [6.07, 6.45) is 0. The second-order valence-electron chi connectivity index (χ2n) is 4.34. The van der Waals surface area contributed by atoms with E-state index < -0.39 is 5.97 Å². The minimum absolute atomic E-state index is 0.0788. The van der Waals surface area contributed by atoms with Crippen LogP contribution in [0, 0.1) is 6.92 Å². The molecular formula is C14H12ClN3O3S2. The first kappa shape index (κ1) is 17.3. The van der Waals surface area contributed by atoms with Crippen molar-refractivity contribution in [3.63, 3.8) is 0 Å². The van der Waals surface area contributed by atoms with Crippen molar-refractivity contribution < 1.29 is 14.3 Å². The summed E-state index contributed by atoms with van der Waals surface area (Å²) in [6.45, 7) is 1.68. The predicted octanol–water partition coefficient (Wildman–Crippen LogP) is 3.02. The van der Waals surface area contributed by atoms with Gasteiger partial charge in [-0.1, -0.05) is 22.9 Å². The van der Waals surface area contributed by atoms with Gasteiger partial charge in [0.25, 0.3) is 5.91 Å². The molecule has 0 spiro atoms. The molecule has 120 valence electrons. The first-order valence-corrected chi connectivity index (χ1v) is 7.94. The smallest absolute Gasteiger partial charge is 0.350 e. The van der Waals surface area contributed by atoms with Gasteiger partial charge in [0.15, 0.2) is 10.2 Å². The van der Waals surface area contributed by atoms with Gasteiger partial charge in [-0.3, -0.25) is 10.1 Å². The lowest BCUT2D eigenvalue weighted by Gasteiger charge is -2.07. The third-order valence-corrected chi connectivity index (χ3v) is 4.23. The zero-order chi connectivity index (χ0) is 17.0. The van der Waals surface area contributed by atoms with E-state index in [0.717, 1.165) is 11.3 Å². The molecule has 6 nitrogen and oxygen atoms in total. The maximum absolute atomic E-state index is 12.0. The minimum atomic E-state index is -0.468. The van der Waals surface area contributed by atoms with E-state index in [0.29, 0.717) is 26.3 Å². The zero-order valence-corrected chi connectivity index (χ0v) is 14.6. The van der Waals surface area contributed by atoms with Crippen LogP contribution in [0.4, 0.5) is 5.13 Å². The molecular weight excluding hydrogens is 358 g/mol. The number of nitrogens with zero attached hydrogens (tertiary/aromatic N) is 1. The van der Waals surface area contributed by atoms with Crippen molar-refractivity contribution in [1.29, 1.82) is 0 Å². The van der Waals surface area contributed by atoms with Gasteiger partial charge in [0, 0.05) is 10.6 Å². The average Bonchev–Trinajstić information content (AvgIpc) is 2.87. The van der Waals surface area contributed by atoms with Crippen molar-refractivity contribution in [3.05, 3.63) is 45.4 Å². The first-order valence-electron chi connectivity index (χ1n) is 6.34. The van der Waals surface area contributed by atoms with E-state index in [-0.39, 0.29) is 11.0 Å². The summed E-state index contributed by atoms with van der Waals surface area (Å²) in [5.41, 5.74) is 0.945. The Morgan fingerprint density at radius 3 is 2.57 bits per heavy atom. The molecule has 0 unspecified atom stereocenters. The molecule has 2 aromatic rings. The molecule has 0 radical (unpaired) electrons. The summed E-state index contributed by atoms with van der Waals surface area (Å²) in [5, 5.41) is 6.30. The number of hydrogen-bond acceptors (Lipinski definition) is 6. The monoisotopic (exact) mass is 369 g/mol. The molecule has 1 heterocycles. The molecule has 0 aliphatic heterocycles. The number of nitrogens with one attached hydrogen (secondary N) is 2. The summed E-state index contributed by atoms with van der Waals surface area (Å²) < 4.78 is 4.66. The number of esters is 1. The number of hydrogen-bond donors (Lipinski definition) is 2. The Balaban J connectivity index is 2.01. The highest BCUT2D eigenvalue weighted by Crippen LogP contribution is 2.23. The number of amides is 1. The van der Waals surface area contributed by atoms with E-state index in [1.165, 1.54) is 7.11 Å². The molecule has 0 aliphatic carbocycles. The number of carbonyl (C=O) groups excluding carboxylic acids is 2. The highest BCUT2D eigenvalue weighted by atomic mass is 35.5. The van der Waals surface area contributed by atoms with E-state index in [1.807, 2.05) is 0 Å². The Hall–Kier alpha value is -2.03. The van der Waals surface area contributed by atoms with Crippen LogP contribution in [0.25, 0.3) is 0 Å². The van der Waals surface area contributed by atoms with Crippen LogP contribution in [0.3, 0.4) is 0 Å². The number of aromatic nitrogens is 1. The molecule has 0 bridgehead atoms. The molecule has 2 rings (SSSR count). The van der Waals surface area contributed by atoms with Crippen LogP contribution in [0.2, 0.25) is 5.02 Å². The van der Waals surface area contributed by atoms with Crippen LogP contribution in [0.15, 0.2) is 24.3 Å². The minimum Gasteiger partial charge on any atom is -0.465 e. The number of rotatable bonds is 3. The Morgan fingerprint density at radius 1 is 1.30 bits per heavy atom. The summed E-state index contributed by atoms with van der Waals surface area (Å²) in [6, 6.07) is 6.39. The second-order valence-corrected chi connectivity index (χ2v) is 6.18. The predicted molar refractivity (Wildman–Crippen MR) is 93.3 cm³/mol. The van der Waals surface area contributed by atoms with Gasteiger partial charge in [0.2, 0.25) is 0 Å². The van der Waals surface area contributed by atoms with Crippen molar-refractivity contribution in [1.82, 2.24) is 10.3 Å². The van der Waals surface area contributed by atoms with Gasteiger partial charge in [-0.15, -0.1) is 0 Å². The van der Waals surface area contributed by atoms with Crippen molar-refractivity contribution in [2.24, 2.45) is 0 Å². The van der Waals surface area contributed by atoms with Crippen molar-refractivity contribution >= 4 is 57.3 Å². The summed E-state index contributed by atoms with van der Waals surface area (Å²) in [4.78, 5) is 28.1. The third kappa shape index (κ3) is 4.47. The van der Waals surface area contributed by atoms with Crippen LogP contribution >= 0.6 is 35.2 Å². The van der Waals surface area contributed by atoms with Gasteiger partial charge in [0.1, 0.15) is 4.88 Å². The van der Waals surface area contributed by atoms with E-state index in [2.05, 4.69) is 20.4 Å². The van der Waals surface area contributed by atoms with Gasteiger partial charge < -0.3 is 10.1 Å². The lowest BCUT2D eigenvalue weighted by atomic mass is 10.2. The number of benzene rings is 1. The molecule has 0 saturated heterocycles. The molecule has 1 aromatic heterocycles. The van der Waals surface area contributed by atoms with Crippen molar-refractivity contribution in [2.75, 3.05) is 12.4 Å². The largest absolute Gasteiger partial charge is 0.465 e. The standard InChI is InChI=1S/C14H12ClN3O3S2/c1-7-10(12(20)21-2)23-14(16-7)18-13(22)17-11(19)8-3-5-9(15)6-4-8/h3-6H,1-2H3,(H2,16,17,18,19,22). The number of aryl methyl sites for hydroxylation is 1. The van der Waals surface area contributed by atoms with Gasteiger partial charge in [-0.05, 0) is 43.4 Å². The molecule has 0 saturated carbocycles. The number of halogens is 1. The lowest BCUT2D eigenvalue weighted by molar-refractivity contribution is 0.0605. The van der Waals surface area contributed by atoms with Crippen LogP contribution in [0.1, 0.15) is 25.7 Å². The Morgan fingerprint density at radius 2 is 1.96 bits per heavy atom. The number of ether oxygens (including phenoxy) is 1. The van der Waals surface area contributed by atoms with E-state index in [1.54, 1.807) is 31.2 Å². The first-order chi connectivity index (χ1) is 10.9. The molecule has 0 aliphatic rings. The van der Waals surface area contributed by atoms with Crippen LogP contribution < -0.4 is 10.6 Å². The maximum Gasteiger partial charge on any atom is 0.350 e. The number of thiocarbonyl (C=S) groups is 1. The van der Waals surface area contributed by atoms with E-state index in [4.69, 9.17) is 23.8 Å². The topological polar surface area (TPSA) is 80.3 Å². The SMILES string of the molecule is COC(=O)c1sc(NC(=S)NC(=O)c2ccc(Cl)cc2)nc1C. The van der Waals surface area contributed by atoms with E-state index in [9.17, 15) is 9.59 Å². The third-order valence-electron chi connectivity index (χ3n) is 2.72. The molecule has 1 aromatic carbocycles. The van der Waals surface area contributed by atoms with Crippen molar-refractivity contribution in [3.8, 4) is 0 Å². The summed E-state index contributed by atoms with van der Waals surface area (Å²) in [7, 11) is 1.30. The number of anilines is 1. The highest BCUT2D eigenvalue weighted by Gasteiger charge is 2.16. The summed E-state index contributed by atoms with van der Waals surface area (Å²) >= 11 is 11.9. The zero-order valence-electron chi connectivity index (χ0n) is 12.2. The Bertz CT molecular complexity index is 759. The Labute approximate surface area is 146 Å². The lowest BCUT2D eigenvalue weighted by Crippen LogP contribution is -2.34. The normalized spacial score (nSPS) is 10.0. The van der Waals surface area contributed by atoms with Gasteiger partial charge in [0.05, 0.1) is 12.8 Å². The van der Waals surface area contributed by atoms with Crippen molar-refractivity contribution in [2.45, 2.75) is 6.92 Å². The number of thiazole rings is 1. The summed E-state index contributed by atoms with van der Waals surface area (Å²) in [5.74, 6) is -0.843. The quantitative estimate of drug-likeness (QED) is 0.639. The maximum atomic E-state index is 12.0. The highest BCUT2D eigenvalue weighted by molar-refractivity contribution is 7.80. The van der Waals surface area contributed by atoms with Crippen LogP contribution in [0.5, 0.6) is 0 Å². The fraction of sp³-hybridized carbons (Fsp3) is 0.143. The fourth-order valence-electron chi connectivity index (χ4n) is 1.64. The van der Waals surface area contributed by atoms with Crippen LogP contribution in [-0.2, 0) is 4.74 Å². The molecule has 23 heavy (non-hydrogen) atoms. The van der Waals surface area contributed by atoms with E-state index >= 15 is 0 Å². The molecule has 2 N–H and O–H groups in total. The molecule has 0 fully saturated rings. The van der Waals surface area contributed by atoms with Crippen LogP contribution in [-0.4, -0.2) is 29.1 Å². The Kier molecular flexibility index (Phi) is 5.64. The van der Waals surface area contributed by atoms with Gasteiger partial charge in [-0.2, -0.15) is 0 Å². The molecule has 9 heteroatoms. The fourth-order valence-corrected chi connectivity index (χ4v) is 2.91. The second kappa shape index (κ2) is 7.49. The molecule has 1 amide bonds. The average molecular weight is 370 g/mol. The molecule has 0 atom stereocenters. The van der Waals surface area contributed by atoms with Gasteiger partial charge in [-0.25, -0.2) is 9.78 Å².